The first-order valence-electron chi connectivity index (χ1n) is 8.60. The molecule has 5 nitrogen and oxygen atoms in total. The second kappa shape index (κ2) is 5.95. The second-order valence-electron chi connectivity index (χ2n) is 7.17. The minimum Gasteiger partial charge on any atom is -0.335 e. The zero-order valence-electron chi connectivity index (χ0n) is 13.0. The number of fused-ring (bicyclic) bond motifs is 4. The molecule has 1 saturated carbocycles. The highest BCUT2D eigenvalue weighted by molar-refractivity contribution is 5.92. The van der Waals surface area contributed by atoms with E-state index < -0.39 is 0 Å². The Balaban J connectivity index is 1.46. The van der Waals surface area contributed by atoms with Crippen LogP contribution in [0.4, 0.5) is 0 Å². The van der Waals surface area contributed by atoms with Crippen molar-refractivity contribution in [2.75, 3.05) is 26.2 Å². The highest BCUT2D eigenvalue weighted by atomic mass is 16.2. The molecule has 118 valence electrons. The van der Waals surface area contributed by atoms with Gasteiger partial charge < -0.3 is 4.90 Å². The maximum Gasteiger partial charge on any atom is 0.274 e. The van der Waals surface area contributed by atoms with Crippen molar-refractivity contribution in [3.63, 3.8) is 0 Å². The summed E-state index contributed by atoms with van der Waals surface area (Å²) in [4.78, 5) is 17.4. The fraction of sp³-hybridized carbons (Fsp3) is 0.706. The molecule has 3 saturated heterocycles. The highest BCUT2D eigenvalue weighted by Crippen LogP contribution is 2.33. The molecule has 1 aromatic heterocycles. The molecular weight excluding hydrogens is 276 g/mol. The lowest BCUT2D eigenvalue weighted by Gasteiger charge is -2.40. The number of carbonyl (C=O) groups excluding carboxylic acids is 1. The van der Waals surface area contributed by atoms with Crippen LogP contribution in [0.1, 0.15) is 42.6 Å². The van der Waals surface area contributed by atoms with Crippen molar-refractivity contribution in [2.45, 2.75) is 38.1 Å². The number of hydrogen-bond donors (Lipinski definition) is 0. The van der Waals surface area contributed by atoms with Gasteiger partial charge in [-0.1, -0.05) is 6.42 Å². The van der Waals surface area contributed by atoms with Crippen LogP contribution in [0.3, 0.4) is 0 Å². The SMILES string of the molecule is O=C(c1cccnn1)N1C[C@H]2CC[C@@H](C1)N(CC1CCC1)C2. The third-order valence-corrected chi connectivity index (χ3v) is 5.62. The zero-order chi connectivity index (χ0) is 14.9. The van der Waals surface area contributed by atoms with Crippen molar-refractivity contribution in [1.29, 1.82) is 0 Å². The average Bonchev–Trinajstić information content (AvgIpc) is 2.82. The Morgan fingerprint density at radius 1 is 1.18 bits per heavy atom. The summed E-state index contributed by atoms with van der Waals surface area (Å²) in [6.07, 6.45) is 8.32. The molecule has 4 aliphatic rings. The summed E-state index contributed by atoms with van der Waals surface area (Å²) in [6.45, 7) is 4.16. The van der Waals surface area contributed by atoms with E-state index in [1.54, 1.807) is 18.3 Å². The summed E-state index contributed by atoms with van der Waals surface area (Å²) < 4.78 is 0. The van der Waals surface area contributed by atoms with Crippen molar-refractivity contribution < 1.29 is 4.79 Å². The van der Waals surface area contributed by atoms with Gasteiger partial charge in [0.2, 0.25) is 0 Å². The van der Waals surface area contributed by atoms with Crippen LogP contribution in [0.2, 0.25) is 0 Å². The number of hydrogen-bond acceptors (Lipinski definition) is 4. The average molecular weight is 300 g/mol. The van der Waals surface area contributed by atoms with Gasteiger partial charge in [-0.3, -0.25) is 9.69 Å². The summed E-state index contributed by atoms with van der Waals surface area (Å²) in [5.41, 5.74) is 0.481. The third-order valence-electron chi connectivity index (χ3n) is 5.62. The van der Waals surface area contributed by atoms with Gasteiger partial charge in [-0.2, -0.15) is 5.10 Å². The predicted molar refractivity (Wildman–Crippen MR) is 83.4 cm³/mol. The van der Waals surface area contributed by atoms with Gasteiger partial charge in [-0.25, -0.2) is 0 Å². The monoisotopic (exact) mass is 300 g/mol. The Hall–Kier alpha value is -1.49. The van der Waals surface area contributed by atoms with E-state index in [-0.39, 0.29) is 5.91 Å². The van der Waals surface area contributed by atoms with Crippen molar-refractivity contribution in [1.82, 2.24) is 20.0 Å². The first kappa shape index (κ1) is 14.1. The van der Waals surface area contributed by atoms with Gasteiger partial charge in [0.25, 0.3) is 5.91 Å². The lowest BCUT2D eigenvalue weighted by molar-refractivity contribution is 0.0711. The van der Waals surface area contributed by atoms with Gasteiger partial charge in [0.05, 0.1) is 0 Å². The minimum atomic E-state index is 0.0514. The van der Waals surface area contributed by atoms with Gasteiger partial charge in [0.1, 0.15) is 0 Å². The van der Waals surface area contributed by atoms with Gasteiger partial charge >= 0.3 is 0 Å². The molecule has 1 aromatic rings. The van der Waals surface area contributed by atoms with E-state index in [4.69, 9.17) is 0 Å². The molecule has 0 N–H and O–H groups in total. The van der Waals surface area contributed by atoms with Crippen LogP contribution in [0.15, 0.2) is 18.3 Å². The lowest BCUT2D eigenvalue weighted by Crippen LogP contribution is -2.47. The first-order chi connectivity index (χ1) is 10.8. The summed E-state index contributed by atoms with van der Waals surface area (Å²) in [6, 6.07) is 4.10. The topological polar surface area (TPSA) is 49.3 Å². The maximum atomic E-state index is 12.7. The zero-order valence-corrected chi connectivity index (χ0v) is 13.0. The van der Waals surface area contributed by atoms with E-state index in [1.807, 2.05) is 4.90 Å². The molecule has 0 radical (unpaired) electrons. The molecule has 0 unspecified atom stereocenters. The molecule has 0 aromatic carbocycles. The second-order valence-corrected chi connectivity index (χ2v) is 7.17. The van der Waals surface area contributed by atoms with Gasteiger partial charge in [-0.15, -0.1) is 5.10 Å². The summed E-state index contributed by atoms with van der Waals surface area (Å²) >= 11 is 0. The van der Waals surface area contributed by atoms with Crippen LogP contribution in [0, 0.1) is 11.8 Å². The first-order valence-corrected chi connectivity index (χ1v) is 8.60. The molecule has 1 aliphatic carbocycles. The molecule has 4 heterocycles. The Labute approximate surface area is 131 Å². The minimum absolute atomic E-state index is 0.0514. The lowest BCUT2D eigenvalue weighted by atomic mass is 9.83. The van der Waals surface area contributed by atoms with Crippen molar-refractivity contribution in [3.8, 4) is 0 Å². The molecule has 1 amide bonds. The van der Waals surface area contributed by atoms with Crippen LogP contribution in [0.25, 0.3) is 0 Å². The summed E-state index contributed by atoms with van der Waals surface area (Å²) in [7, 11) is 0. The van der Waals surface area contributed by atoms with Gasteiger partial charge in [0.15, 0.2) is 5.69 Å². The van der Waals surface area contributed by atoms with E-state index in [0.29, 0.717) is 17.7 Å². The molecule has 2 bridgehead atoms. The normalized spacial score (nSPS) is 29.2. The molecule has 4 fully saturated rings. The van der Waals surface area contributed by atoms with Crippen LogP contribution >= 0.6 is 0 Å². The van der Waals surface area contributed by atoms with Gasteiger partial charge in [-0.05, 0) is 49.7 Å². The largest absolute Gasteiger partial charge is 0.335 e. The number of piperidine rings is 1. The van der Waals surface area contributed by atoms with E-state index >= 15 is 0 Å². The molecule has 0 spiro atoms. The van der Waals surface area contributed by atoms with E-state index in [9.17, 15) is 4.79 Å². The molecule has 2 atom stereocenters. The molecule has 3 aliphatic heterocycles. The fourth-order valence-electron chi connectivity index (χ4n) is 4.15. The quantitative estimate of drug-likeness (QED) is 0.854. The summed E-state index contributed by atoms with van der Waals surface area (Å²) in [5.74, 6) is 1.58. The molecular formula is C17H24N4O. The maximum absolute atomic E-state index is 12.7. The van der Waals surface area contributed by atoms with Crippen molar-refractivity contribution in [2.24, 2.45) is 11.8 Å². The summed E-state index contributed by atoms with van der Waals surface area (Å²) in [5, 5.41) is 7.83. The smallest absolute Gasteiger partial charge is 0.274 e. The Kier molecular flexibility index (Phi) is 3.82. The van der Waals surface area contributed by atoms with Crippen LogP contribution in [0.5, 0.6) is 0 Å². The van der Waals surface area contributed by atoms with E-state index in [2.05, 4.69) is 15.1 Å². The van der Waals surface area contributed by atoms with Crippen LogP contribution in [-0.4, -0.2) is 58.1 Å². The van der Waals surface area contributed by atoms with E-state index in [0.717, 1.165) is 19.0 Å². The number of nitrogens with zero attached hydrogens (tertiary/aromatic N) is 4. The Bertz CT molecular complexity index is 531. The van der Waals surface area contributed by atoms with E-state index in [1.165, 1.54) is 45.2 Å². The van der Waals surface area contributed by atoms with Crippen molar-refractivity contribution in [3.05, 3.63) is 24.0 Å². The number of rotatable bonds is 3. The fourth-order valence-corrected chi connectivity index (χ4v) is 4.15. The van der Waals surface area contributed by atoms with Crippen LogP contribution in [-0.2, 0) is 0 Å². The molecule has 22 heavy (non-hydrogen) atoms. The van der Waals surface area contributed by atoms with Crippen molar-refractivity contribution >= 4 is 5.91 Å². The third kappa shape index (κ3) is 2.74. The Morgan fingerprint density at radius 2 is 2.09 bits per heavy atom. The standard InChI is InChI=1S/C17H24N4O/c22-17(16-5-2-8-18-19-16)21-11-14-6-7-15(12-21)20(10-14)9-13-3-1-4-13/h2,5,8,13-15H,1,3-4,6-7,9-12H2/t14-,15-/m0/s1. The predicted octanol–water partition coefficient (Wildman–Crippen LogP) is 1.81. The highest BCUT2D eigenvalue weighted by Gasteiger charge is 2.38. The number of carbonyl (C=O) groups is 1. The Morgan fingerprint density at radius 3 is 2.82 bits per heavy atom. The van der Waals surface area contributed by atoms with Gasteiger partial charge in [0, 0.05) is 38.4 Å². The number of aromatic nitrogens is 2. The molecule has 5 heteroatoms. The number of amides is 1. The van der Waals surface area contributed by atoms with Crippen LogP contribution < -0.4 is 0 Å². The molecule has 5 rings (SSSR count).